The Balaban J connectivity index is 2.57. The average molecular weight is 310 g/mol. The summed E-state index contributed by atoms with van der Waals surface area (Å²) in [5.74, 6) is -1.02. The molecule has 1 rings (SSSR count). The van der Waals surface area contributed by atoms with Crippen LogP contribution in [0.4, 0.5) is 4.39 Å². The van der Waals surface area contributed by atoms with Crippen LogP contribution in [0.15, 0.2) is 18.2 Å². The lowest BCUT2D eigenvalue weighted by atomic mass is 9.95. The van der Waals surface area contributed by atoms with Crippen molar-refractivity contribution in [3.05, 3.63) is 35.1 Å². The molecule has 6 heteroatoms. The van der Waals surface area contributed by atoms with Crippen LogP contribution in [-0.2, 0) is 22.7 Å². The first-order valence-corrected chi connectivity index (χ1v) is 7.12. The lowest BCUT2D eigenvalue weighted by Crippen LogP contribution is -2.48. The molecule has 0 spiro atoms. The molecule has 1 aromatic carbocycles. The molecule has 1 aromatic rings. The van der Waals surface area contributed by atoms with Gasteiger partial charge in [-0.2, -0.15) is 0 Å². The number of benzene rings is 1. The maximum absolute atomic E-state index is 13.3. The van der Waals surface area contributed by atoms with Gasteiger partial charge in [0.2, 0.25) is 11.8 Å². The quantitative estimate of drug-likeness (QED) is 0.771. The number of rotatable bonds is 5. The fraction of sp³-hybridized carbons (Fsp3) is 0.500. The smallest absolute Gasteiger partial charge is 0.242 e. The summed E-state index contributed by atoms with van der Waals surface area (Å²) in [5.41, 5.74) is 0.288. The monoisotopic (exact) mass is 310 g/mol. The van der Waals surface area contributed by atoms with Gasteiger partial charge in [0.25, 0.3) is 0 Å². The van der Waals surface area contributed by atoms with Crippen LogP contribution in [0.2, 0.25) is 0 Å². The second kappa shape index (κ2) is 7.35. The summed E-state index contributed by atoms with van der Waals surface area (Å²) in [4.78, 5) is 23.8. The van der Waals surface area contributed by atoms with E-state index >= 15 is 0 Å². The van der Waals surface area contributed by atoms with Crippen molar-refractivity contribution in [3.8, 4) is 0 Å². The van der Waals surface area contributed by atoms with Crippen molar-refractivity contribution in [1.82, 2.24) is 10.6 Å². The third kappa shape index (κ3) is 5.11. The maximum Gasteiger partial charge on any atom is 0.242 e. The molecule has 0 heterocycles. The van der Waals surface area contributed by atoms with Gasteiger partial charge in [-0.3, -0.25) is 9.59 Å². The van der Waals surface area contributed by atoms with Crippen LogP contribution in [0, 0.1) is 11.2 Å². The minimum Gasteiger partial charge on any atom is -0.392 e. The SMILES string of the molecule is CC(NC(=O)C(C)(C)C)C(=O)NCc1ccc(F)c(CO)c1. The molecule has 5 nitrogen and oxygen atoms in total. The third-order valence-electron chi connectivity index (χ3n) is 3.17. The van der Waals surface area contributed by atoms with Gasteiger partial charge in [0.1, 0.15) is 11.9 Å². The molecule has 0 aliphatic carbocycles. The van der Waals surface area contributed by atoms with Gasteiger partial charge in [0.15, 0.2) is 0 Å². The number of aliphatic hydroxyl groups is 1. The van der Waals surface area contributed by atoms with Gasteiger partial charge in [-0.1, -0.05) is 26.8 Å². The molecular formula is C16H23FN2O3. The first-order chi connectivity index (χ1) is 10.1. The van der Waals surface area contributed by atoms with Crippen molar-refractivity contribution in [1.29, 1.82) is 0 Å². The Hall–Kier alpha value is -1.95. The number of amides is 2. The van der Waals surface area contributed by atoms with Crippen molar-refractivity contribution in [3.63, 3.8) is 0 Å². The molecule has 0 saturated carbocycles. The van der Waals surface area contributed by atoms with Crippen molar-refractivity contribution in [2.24, 2.45) is 5.41 Å². The zero-order valence-corrected chi connectivity index (χ0v) is 13.4. The molecule has 22 heavy (non-hydrogen) atoms. The summed E-state index contributed by atoms with van der Waals surface area (Å²) in [5, 5.41) is 14.3. The van der Waals surface area contributed by atoms with Crippen LogP contribution in [0.1, 0.15) is 38.8 Å². The summed E-state index contributed by atoms with van der Waals surface area (Å²) >= 11 is 0. The van der Waals surface area contributed by atoms with E-state index < -0.39 is 23.9 Å². The molecule has 1 unspecified atom stereocenters. The predicted molar refractivity (Wildman–Crippen MR) is 81.2 cm³/mol. The van der Waals surface area contributed by atoms with Crippen LogP contribution >= 0.6 is 0 Å². The molecular weight excluding hydrogens is 287 g/mol. The van der Waals surface area contributed by atoms with E-state index in [0.29, 0.717) is 5.56 Å². The first kappa shape index (κ1) is 18.1. The summed E-state index contributed by atoms with van der Waals surface area (Å²) in [6.07, 6.45) is 0. The van der Waals surface area contributed by atoms with Gasteiger partial charge in [0.05, 0.1) is 6.61 Å². The summed E-state index contributed by atoms with van der Waals surface area (Å²) in [7, 11) is 0. The summed E-state index contributed by atoms with van der Waals surface area (Å²) < 4.78 is 13.3. The highest BCUT2D eigenvalue weighted by atomic mass is 19.1. The Morgan fingerprint density at radius 2 is 1.95 bits per heavy atom. The number of aliphatic hydroxyl groups excluding tert-OH is 1. The zero-order valence-electron chi connectivity index (χ0n) is 13.4. The normalized spacial score (nSPS) is 12.6. The van der Waals surface area contributed by atoms with Crippen LogP contribution in [0.25, 0.3) is 0 Å². The largest absolute Gasteiger partial charge is 0.392 e. The number of nitrogens with one attached hydrogen (secondary N) is 2. The maximum atomic E-state index is 13.3. The van der Waals surface area contributed by atoms with Crippen molar-refractivity contribution >= 4 is 11.8 Å². The van der Waals surface area contributed by atoms with Crippen LogP contribution in [0.3, 0.4) is 0 Å². The molecule has 2 amide bonds. The van der Waals surface area contributed by atoms with Crippen LogP contribution in [0.5, 0.6) is 0 Å². The number of carbonyl (C=O) groups is 2. The standard InChI is InChI=1S/C16H23FN2O3/c1-10(19-15(22)16(2,3)4)14(21)18-8-11-5-6-13(17)12(7-11)9-20/h5-7,10,20H,8-9H2,1-4H3,(H,18,21)(H,19,22). The summed E-state index contributed by atoms with van der Waals surface area (Å²) in [6.45, 7) is 6.70. The molecule has 0 saturated heterocycles. The Kier molecular flexibility index (Phi) is 6.05. The van der Waals surface area contributed by atoms with Gasteiger partial charge < -0.3 is 15.7 Å². The van der Waals surface area contributed by atoms with E-state index in [1.807, 2.05) is 0 Å². The van der Waals surface area contributed by atoms with E-state index in [2.05, 4.69) is 10.6 Å². The number of halogens is 1. The first-order valence-electron chi connectivity index (χ1n) is 7.12. The van der Waals surface area contributed by atoms with Crippen LogP contribution in [-0.4, -0.2) is 23.0 Å². The van der Waals surface area contributed by atoms with E-state index in [-0.39, 0.29) is 23.9 Å². The fourth-order valence-corrected chi connectivity index (χ4v) is 1.68. The molecule has 1 atom stereocenters. The topological polar surface area (TPSA) is 78.4 Å². The molecule has 0 aromatic heterocycles. The average Bonchev–Trinajstić information content (AvgIpc) is 2.44. The van der Waals surface area contributed by atoms with Crippen molar-refractivity contribution in [2.45, 2.75) is 46.9 Å². The van der Waals surface area contributed by atoms with E-state index in [4.69, 9.17) is 5.11 Å². The second-order valence-electron chi connectivity index (χ2n) is 6.25. The number of hydrogen-bond acceptors (Lipinski definition) is 3. The highest BCUT2D eigenvalue weighted by Gasteiger charge is 2.24. The van der Waals surface area contributed by atoms with E-state index in [1.165, 1.54) is 18.2 Å². The van der Waals surface area contributed by atoms with E-state index in [1.54, 1.807) is 27.7 Å². The van der Waals surface area contributed by atoms with E-state index in [0.717, 1.165) is 0 Å². The Morgan fingerprint density at radius 3 is 2.50 bits per heavy atom. The van der Waals surface area contributed by atoms with Crippen molar-refractivity contribution in [2.75, 3.05) is 0 Å². The van der Waals surface area contributed by atoms with Gasteiger partial charge in [-0.25, -0.2) is 4.39 Å². The number of carbonyl (C=O) groups excluding carboxylic acids is 2. The lowest BCUT2D eigenvalue weighted by molar-refractivity contribution is -0.133. The van der Waals surface area contributed by atoms with Crippen LogP contribution < -0.4 is 10.6 Å². The van der Waals surface area contributed by atoms with Gasteiger partial charge in [-0.15, -0.1) is 0 Å². The number of hydrogen-bond donors (Lipinski definition) is 3. The Labute approximate surface area is 129 Å². The molecule has 0 aliphatic heterocycles. The molecule has 0 radical (unpaired) electrons. The highest BCUT2D eigenvalue weighted by Crippen LogP contribution is 2.13. The molecule has 3 N–H and O–H groups in total. The van der Waals surface area contributed by atoms with Crippen molar-refractivity contribution < 1.29 is 19.1 Å². The zero-order chi connectivity index (χ0) is 16.9. The summed E-state index contributed by atoms with van der Waals surface area (Å²) in [6, 6.07) is 3.61. The second-order valence-corrected chi connectivity index (χ2v) is 6.25. The highest BCUT2D eigenvalue weighted by molar-refractivity contribution is 5.89. The minimum absolute atomic E-state index is 0.181. The molecule has 0 bridgehead atoms. The Morgan fingerprint density at radius 1 is 1.32 bits per heavy atom. The third-order valence-corrected chi connectivity index (χ3v) is 3.17. The van der Waals surface area contributed by atoms with Gasteiger partial charge in [0, 0.05) is 17.5 Å². The fourth-order valence-electron chi connectivity index (χ4n) is 1.68. The Bertz CT molecular complexity index is 553. The lowest BCUT2D eigenvalue weighted by Gasteiger charge is -2.21. The molecule has 122 valence electrons. The molecule has 0 fully saturated rings. The predicted octanol–water partition coefficient (Wildman–Crippen LogP) is 1.48. The minimum atomic E-state index is -0.663. The molecule has 0 aliphatic rings. The van der Waals surface area contributed by atoms with Gasteiger partial charge in [-0.05, 0) is 24.6 Å². The van der Waals surface area contributed by atoms with E-state index in [9.17, 15) is 14.0 Å². The van der Waals surface area contributed by atoms with Gasteiger partial charge >= 0.3 is 0 Å².